The molecule has 0 aliphatic heterocycles. The lowest BCUT2D eigenvalue weighted by atomic mass is 10.0. The van der Waals surface area contributed by atoms with Gasteiger partial charge < -0.3 is 5.32 Å². The summed E-state index contributed by atoms with van der Waals surface area (Å²) in [5.74, 6) is -0.217. The van der Waals surface area contributed by atoms with Gasteiger partial charge >= 0.3 is 0 Å². The highest BCUT2D eigenvalue weighted by molar-refractivity contribution is 7.10. The van der Waals surface area contributed by atoms with Crippen LogP contribution in [0.4, 0.5) is 4.39 Å². The summed E-state index contributed by atoms with van der Waals surface area (Å²) >= 11 is 1.62. The average Bonchev–Trinajstić information content (AvgIpc) is 2.89. The summed E-state index contributed by atoms with van der Waals surface area (Å²) in [5, 5.41) is 5.00. The van der Waals surface area contributed by atoms with Gasteiger partial charge in [0, 0.05) is 10.4 Å². The number of nitrogens with one attached hydrogen (secondary N) is 1. The van der Waals surface area contributed by atoms with Gasteiger partial charge in [-0.3, -0.25) is 4.79 Å². The molecular formula is C15H16FNOS. The number of halogens is 1. The van der Waals surface area contributed by atoms with Gasteiger partial charge in [0.25, 0.3) is 5.91 Å². The molecule has 1 atom stereocenters. The Labute approximate surface area is 116 Å². The van der Waals surface area contributed by atoms with Crippen molar-refractivity contribution in [2.75, 3.05) is 0 Å². The van der Waals surface area contributed by atoms with Crippen LogP contribution >= 0.6 is 11.3 Å². The standard InChI is InChI=1S/C15H16FNOS/c1-10(2)14(13-4-3-9-19-13)17-15(18)11-5-7-12(16)8-6-11/h3-10,14H,1-2H3,(H,17,18). The van der Waals surface area contributed by atoms with Gasteiger partial charge in [-0.2, -0.15) is 0 Å². The summed E-state index contributed by atoms with van der Waals surface area (Å²) in [4.78, 5) is 13.3. The number of carbonyl (C=O) groups excluding carboxylic acids is 1. The SMILES string of the molecule is CC(C)C(NC(=O)c1ccc(F)cc1)c1cccs1. The Balaban J connectivity index is 2.14. The Morgan fingerprint density at radius 1 is 1.21 bits per heavy atom. The van der Waals surface area contributed by atoms with E-state index in [0.29, 0.717) is 11.5 Å². The molecule has 1 aromatic carbocycles. The zero-order valence-electron chi connectivity index (χ0n) is 10.9. The minimum Gasteiger partial charge on any atom is -0.344 e. The van der Waals surface area contributed by atoms with E-state index in [2.05, 4.69) is 19.2 Å². The first-order chi connectivity index (χ1) is 9.08. The van der Waals surface area contributed by atoms with Crippen LogP contribution in [0.5, 0.6) is 0 Å². The van der Waals surface area contributed by atoms with Crippen LogP contribution in [0.2, 0.25) is 0 Å². The molecule has 2 nitrogen and oxygen atoms in total. The molecule has 0 saturated carbocycles. The molecule has 0 spiro atoms. The second kappa shape index (κ2) is 5.97. The van der Waals surface area contributed by atoms with Gasteiger partial charge in [0.1, 0.15) is 5.82 Å². The third-order valence-corrected chi connectivity index (χ3v) is 3.86. The second-order valence-electron chi connectivity index (χ2n) is 4.72. The molecule has 4 heteroatoms. The third kappa shape index (κ3) is 3.41. The molecular weight excluding hydrogens is 261 g/mol. The maximum absolute atomic E-state index is 12.8. The van der Waals surface area contributed by atoms with Crippen molar-refractivity contribution >= 4 is 17.2 Å². The van der Waals surface area contributed by atoms with Crippen molar-refractivity contribution in [1.82, 2.24) is 5.32 Å². The van der Waals surface area contributed by atoms with Gasteiger partial charge in [0.15, 0.2) is 0 Å². The van der Waals surface area contributed by atoms with Crippen LogP contribution in [0.3, 0.4) is 0 Å². The summed E-state index contributed by atoms with van der Waals surface area (Å²) in [6.07, 6.45) is 0. The van der Waals surface area contributed by atoms with Crippen LogP contribution in [0.15, 0.2) is 41.8 Å². The van der Waals surface area contributed by atoms with E-state index in [-0.39, 0.29) is 17.8 Å². The molecule has 0 aliphatic rings. The lowest BCUT2D eigenvalue weighted by molar-refractivity contribution is 0.0926. The van der Waals surface area contributed by atoms with Crippen molar-refractivity contribution in [3.63, 3.8) is 0 Å². The van der Waals surface area contributed by atoms with Gasteiger partial charge in [-0.1, -0.05) is 19.9 Å². The topological polar surface area (TPSA) is 29.1 Å². The van der Waals surface area contributed by atoms with Gasteiger partial charge in [0.2, 0.25) is 0 Å². The minimum absolute atomic E-state index is 0.0162. The number of hydrogen-bond donors (Lipinski definition) is 1. The van der Waals surface area contributed by atoms with Crippen molar-refractivity contribution in [3.05, 3.63) is 58.0 Å². The molecule has 0 radical (unpaired) electrons. The summed E-state index contributed by atoms with van der Waals surface area (Å²) in [6.45, 7) is 4.13. The normalized spacial score (nSPS) is 12.4. The quantitative estimate of drug-likeness (QED) is 0.898. The molecule has 1 heterocycles. The Bertz CT molecular complexity index is 534. The highest BCUT2D eigenvalue weighted by Crippen LogP contribution is 2.26. The summed E-state index contributed by atoms with van der Waals surface area (Å²) in [5.41, 5.74) is 0.476. The molecule has 1 N–H and O–H groups in total. The highest BCUT2D eigenvalue weighted by Gasteiger charge is 2.19. The fraction of sp³-hybridized carbons (Fsp3) is 0.267. The molecule has 100 valence electrons. The number of carbonyl (C=O) groups is 1. The summed E-state index contributed by atoms with van der Waals surface area (Å²) < 4.78 is 12.8. The molecule has 2 rings (SSSR count). The van der Waals surface area contributed by atoms with E-state index in [1.807, 2.05) is 17.5 Å². The Kier molecular flexibility index (Phi) is 4.32. The van der Waals surface area contributed by atoms with Crippen LogP contribution in [0.1, 0.15) is 35.1 Å². The van der Waals surface area contributed by atoms with Crippen molar-refractivity contribution in [2.45, 2.75) is 19.9 Å². The molecule has 0 bridgehead atoms. The number of benzene rings is 1. The number of thiophene rings is 1. The second-order valence-corrected chi connectivity index (χ2v) is 5.70. The van der Waals surface area contributed by atoms with E-state index in [4.69, 9.17) is 0 Å². The molecule has 1 aromatic heterocycles. The third-order valence-electron chi connectivity index (χ3n) is 2.91. The lowest BCUT2D eigenvalue weighted by Crippen LogP contribution is -2.31. The first kappa shape index (κ1) is 13.7. The molecule has 1 unspecified atom stereocenters. The Morgan fingerprint density at radius 2 is 1.89 bits per heavy atom. The predicted molar refractivity (Wildman–Crippen MR) is 75.8 cm³/mol. The molecule has 1 amide bonds. The first-order valence-corrected chi connectivity index (χ1v) is 7.05. The van der Waals surface area contributed by atoms with E-state index >= 15 is 0 Å². The fourth-order valence-electron chi connectivity index (χ4n) is 1.86. The van der Waals surface area contributed by atoms with E-state index in [1.165, 1.54) is 24.3 Å². The molecule has 0 fully saturated rings. The predicted octanol–water partition coefficient (Wildman–Crippen LogP) is 4.01. The number of amides is 1. The zero-order valence-corrected chi connectivity index (χ0v) is 11.7. The molecule has 0 aliphatic carbocycles. The van der Waals surface area contributed by atoms with E-state index in [0.717, 1.165) is 4.88 Å². The monoisotopic (exact) mass is 277 g/mol. The summed E-state index contributed by atoms with van der Waals surface area (Å²) in [7, 11) is 0. The van der Waals surface area contributed by atoms with E-state index < -0.39 is 0 Å². The van der Waals surface area contributed by atoms with Crippen LogP contribution in [-0.2, 0) is 0 Å². The van der Waals surface area contributed by atoms with Gasteiger partial charge in [-0.15, -0.1) is 11.3 Å². The average molecular weight is 277 g/mol. The van der Waals surface area contributed by atoms with Crippen LogP contribution in [-0.4, -0.2) is 5.91 Å². The van der Waals surface area contributed by atoms with Crippen LogP contribution in [0, 0.1) is 11.7 Å². The molecule has 2 aromatic rings. The highest BCUT2D eigenvalue weighted by atomic mass is 32.1. The van der Waals surface area contributed by atoms with Crippen molar-refractivity contribution in [1.29, 1.82) is 0 Å². The molecule has 0 saturated heterocycles. The maximum Gasteiger partial charge on any atom is 0.251 e. The van der Waals surface area contributed by atoms with Gasteiger partial charge in [-0.25, -0.2) is 4.39 Å². The van der Waals surface area contributed by atoms with E-state index in [1.54, 1.807) is 11.3 Å². The molecule has 19 heavy (non-hydrogen) atoms. The smallest absolute Gasteiger partial charge is 0.251 e. The van der Waals surface area contributed by atoms with E-state index in [9.17, 15) is 9.18 Å². The first-order valence-electron chi connectivity index (χ1n) is 6.18. The zero-order chi connectivity index (χ0) is 13.8. The van der Waals surface area contributed by atoms with Crippen molar-refractivity contribution in [2.24, 2.45) is 5.92 Å². The Hall–Kier alpha value is -1.68. The largest absolute Gasteiger partial charge is 0.344 e. The van der Waals surface area contributed by atoms with Gasteiger partial charge in [0.05, 0.1) is 6.04 Å². The van der Waals surface area contributed by atoms with Crippen LogP contribution in [0.25, 0.3) is 0 Å². The summed E-state index contributed by atoms with van der Waals surface area (Å²) in [6, 6.07) is 9.55. The van der Waals surface area contributed by atoms with Gasteiger partial charge in [-0.05, 0) is 41.6 Å². The lowest BCUT2D eigenvalue weighted by Gasteiger charge is -2.21. The van der Waals surface area contributed by atoms with Crippen LogP contribution < -0.4 is 5.32 Å². The Morgan fingerprint density at radius 3 is 2.42 bits per heavy atom. The van der Waals surface area contributed by atoms with Crippen molar-refractivity contribution in [3.8, 4) is 0 Å². The fourth-order valence-corrected chi connectivity index (χ4v) is 2.81. The van der Waals surface area contributed by atoms with Crippen molar-refractivity contribution < 1.29 is 9.18 Å². The number of rotatable bonds is 4. The minimum atomic E-state index is -0.338. The number of hydrogen-bond acceptors (Lipinski definition) is 2. The maximum atomic E-state index is 12.8.